The molecule has 1 heterocycles. The minimum atomic E-state index is 0.361. The molecule has 0 saturated carbocycles. The lowest BCUT2D eigenvalue weighted by molar-refractivity contribution is 0.415. The molecule has 0 spiro atoms. The van der Waals surface area contributed by atoms with Crippen molar-refractivity contribution >= 4 is 23.0 Å². The van der Waals surface area contributed by atoms with E-state index >= 15 is 0 Å². The summed E-state index contributed by atoms with van der Waals surface area (Å²) in [6.07, 6.45) is 1.58. The summed E-state index contributed by atoms with van der Waals surface area (Å²) in [5.74, 6) is 0.620. The highest BCUT2D eigenvalue weighted by Gasteiger charge is 2.02. The van der Waals surface area contributed by atoms with Gasteiger partial charge in [-0.3, -0.25) is 0 Å². The maximum absolute atomic E-state index is 8.76. The molecule has 2 aromatic rings. The lowest BCUT2D eigenvalue weighted by atomic mass is 10.2. The summed E-state index contributed by atoms with van der Waals surface area (Å²) in [4.78, 5) is 3.90. The number of benzene rings is 1. The third-order valence-corrected chi connectivity index (χ3v) is 2.61. The molecule has 18 heavy (non-hydrogen) atoms. The maximum atomic E-state index is 8.76. The molecule has 0 amide bonds. The van der Waals surface area contributed by atoms with Crippen molar-refractivity contribution in [3.8, 4) is 11.8 Å². The van der Waals surface area contributed by atoms with Gasteiger partial charge in [0.2, 0.25) is 0 Å². The average Bonchev–Trinajstić information content (AvgIpc) is 2.39. The van der Waals surface area contributed by atoms with Gasteiger partial charge in [-0.1, -0.05) is 11.6 Å². The second-order valence-corrected chi connectivity index (χ2v) is 3.92. The van der Waals surface area contributed by atoms with Crippen molar-refractivity contribution in [2.24, 2.45) is 0 Å². The second kappa shape index (κ2) is 5.39. The van der Waals surface area contributed by atoms with Crippen LogP contribution in [0.25, 0.3) is 0 Å². The van der Waals surface area contributed by atoms with Gasteiger partial charge < -0.3 is 10.1 Å². The van der Waals surface area contributed by atoms with Crippen LogP contribution in [0.3, 0.4) is 0 Å². The van der Waals surface area contributed by atoms with Gasteiger partial charge in [-0.2, -0.15) is 5.26 Å². The number of methoxy groups -OCH3 is 1. The minimum Gasteiger partial charge on any atom is -0.495 e. The van der Waals surface area contributed by atoms with Crippen LogP contribution in [-0.2, 0) is 0 Å². The molecule has 0 unspecified atom stereocenters. The Bertz CT molecular complexity index is 607. The number of aromatic nitrogens is 1. The van der Waals surface area contributed by atoms with E-state index in [0.29, 0.717) is 16.5 Å². The first-order chi connectivity index (χ1) is 8.72. The molecule has 2 rings (SSSR count). The number of anilines is 2. The van der Waals surface area contributed by atoms with Crippen LogP contribution in [0, 0.1) is 11.3 Å². The van der Waals surface area contributed by atoms with Gasteiger partial charge in [0.1, 0.15) is 17.5 Å². The summed E-state index contributed by atoms with van der Waals surface area (Å²) in [6.45, 7) is 0. The Morgan fingerprint density at radius 1 is 1.28 bits per heavy atom. The van der Waals surface area contributed by atoms with E-state index in [1.54, 1.807) is 37.6 Å². The summed E-state index contributed by atoms with van der Waals surface area (Å²) in [5, 5.41) is 12.4. The first-order valence-corrected chi connectivity index (χ1v) is 5.57. The highest BCUT2D eigenvalue weighted by Crippen LogP contribution is 2.28. The summed E-state index contributed by atoms with van der Waals surface area (Å²) in [6, 6.07) is 10.8. The Hall–Kier alpha value is -2.25. The molecule has 4 nitrogen and oxygen atoms in total. The van der Waals surface area contributed by atoms with Crippen molar-refractivity contribution in [1.82, 2.24) is 4.98 Å². The second-order valence-electron chi connectivity index (χ2n) is 3.52. The predicted octanol–water partition coefficient (Wildman–Crippen LogP) is 3.36. The fraction of sp³-hybridized carbons (Fsp3) is 0.0769. The largest absolute Gasteiger partial charge is 0.495 e. The normalized spacial score (nSPS) is 9.61. The molecule has 0 aliphatic heterocycles. The van der Waals surface area contributed by atoms with Gasteiger partial charge in [0.05, 0.1) is 12.1 Å². The molecule has 5 heteroatoms. The fourth-order valence-electron chi connectivity index (χ4n) is 1.48. The molecule has 0 atom stereocenters. The van der Waals surface area contributed by atoms with Crippen LogP contribution < -0.4 is 10.1 Å². The summed E-state index contributed by atoms with van der Waals surface area (Å²) < 4.78 is 5.07. The van der Waals surface area contributed by atoms with Gasteiger partial charge >= 0.3 is 0 Å². The van der Waals surface area contributed by atoms with E-state index in [9.17, 15) is 0 Å². The highest BCUT2D eigenvalue weighted by atomic mass is 35.5. The van der Waals surface area contributed by atoms with Crippen molar-refractivity contribution < 1.29 is 4.74 Å². The van der Waals surface area contributed by atoms with E-state index in [2.05, 4.69) is 10.3 Å². The van der Waals surface area contributed by atoms with Crippen LogP contribution in [0.5, 0.6) is 5.75 Å². The van der Waals surface area contributed by atoms with Crippen LogP contribution in [0.15, 0.2) is 36.5 Å². The standard InChI is InChI=1S/C13H10ClN3O/c1-18-13-3-2-9(7-12(13)14)17-10-4-5-16-11(6-10)8-15/h2-7H,1H3,(H,16,17). The Labute approximate surface area is 110 Å². The van der Waals surface area contributed by atoms with E-state index in [1.165, 1.54) is 0 Å². The lowest BCUT2D eigenvalue weighted by Gasteiger charge is -2.08. The smallest absolute Gasteiger partial charge is 0.142 e. The number of hydrogen-bond donors (Lipinski definition) is 1. The molecule has 0 aliphatic rings. The van der Waals surface area contributed by atoms with E-state index < -0.39 is 0 Å². The van der Waals surface area contributed by atoms with E-state index in [-0.39, 0.29) is 0 Å². The Morgan fingerprint density at radius 2 is 2.06 bits per heavy atom. The zero-order chi connectivity index (χ0) is 13.0. The van der Waals surface area contributed by atoms with E-state index in [1.807, 2.05) is 12.1 Å². The van der Waals surface area contributed by atoms with Gasteiger partial charge in [0.25, 0.3) is 0 Å². The molecule has 0 fully saturated rings. The monoisotopic (exact) mass is 259 g/mol. The Balaban J connectivity index is 2.23. The number of rotatable bonds is 3. The quantitative estimate of drug-likeness (QED) is 0.918. The topological polar surface area (TPSA) is 57.9 Å². The first-order valence-electron chi connectivity index (χ1n) is 5.19. The predicted molar refractivity (Wildman–Crippen MR) is 70.2 cm³/mol. The Kier molecular flexibility index (Phi) is 3.66. The average molecular weight is 260 g/mol. The number of nitrogens with one attached hydrogen (secondary N) is 1. The zero-order valence-corrected chi connectivity index (χ0v) is 10.4. The first kappa shape index (κ1) is 12.2. The highest BCUT2D eigenvalue weighted by molar-refractivity contribution is 6.32. The van der Waals surface area contributed by atoms with Crippen molar-refractivity contribution in [1.29, 1.82) is 5.26 Å². The van der Waals surface area contributed by atoms with Gasteiger partial charge in [0.15, 0.2) is 0 Å². The minimum absolute atomic E-state index is 0.361. The van der Waals surface area contributed by atoms with Gasteiger partial charge in [-0.15, -0.1) is 0 Å². The van der Waals surface area contributed by atoms with Crippen LogP contribution in [0.1, 0.15) is 5.69 Å². The molecular formula is C13H10ClN3O. The van der Waals surface area contributed by atoms with E-state index in [4.69, 9.17) is 21.6 Å². The lowest BCUT2D eigenvalue weighted by Crippen LogP contribution is -1.93. The number of halogens is 1. The molecule has 90 valence electrons. The van der Waals surface area contributed by atoms with Gasteiger partial charge in [-0.25, -0.2) is 4.98 Å². The molecule has 0 radical (unpaired) electrons. The maximum Gasteiger partial charge on any atom is 0.142 e. The summed E-state index contributed by atoms with van der Waals surface area (Å²) in [5.41, 5.74) is 1.96. The summed E-state index contributed by atoms with van der Waals surface area (Å²) in [7, 11) is 1.57. The summed E-state index contributed by atoms with van der Waals surface area (Å²) >= 11 is 6.02. The van der Waals surface area contributed by atoms with Crippen molar-refractivity contribution in [3.63, 3.8) is 0 Å². The van der Waals surface area contributed by atoms with Crippen molar-refractivity contribution in [2.75, 3.05) is 12.4 Å². The zero-order valence-electron chi connectivity index (χ0n) is 9.64. The third-order valence-electron chi connectivity index (χ3n) is 2.31. The SMILES string of the molecule is COc1ccc(Nc2ccnc(C#N)c2)cc1Cl. The molecule has 1 N–H and O–H groups in total. The van der Waals surface area contributed by atoms with Gasteiger partial charge in [0, 0.05) is 17.6 Å². The van der Waals surface area contributed by atoms with Crippen LogP contribution in [0.2, 0.25) is 5.02 Å². The molecule has 0 bridgehead atoms. The molecule has 1 aromatic carbocycles. The Morgan fingerprint density at radius 3 is 2.72 bits per heavy atom. The number of pyridine rings is 1. The number of hydrogen-bond acceptors (Lipinski definition) is 4. The molecule has 0 aliphatic carbocycles. The number of nitrogens with zero attached hydrogens (tertiary/aromatic N) is 2. The van der Waals surface area contributed by atoms with Crippen LogP contribution in [0.4, 0.5) is 11.4 Å². The van der Waals surface area contributed by atoms with E-state index in [0.717, 1.165) is 11.4 Å². The van der Waals surface area contributed by atoms with Crippen molar-refractivity contribution in [3.05, 3.63) is 47.2 Å². The number of nitriles is 1. The third kappa shape index (κ3) is 2.70. The van der Waals surface area contributed by atoms with Crippen LogP contribution >= 0.6 is 11.6 Å². The molecule has 0 saturated heterocycles. The van der Waals surface area contributed by atoms with Crippen molar-refractivity contribution in [2.45, 2.75) is 0 Å². The number of ether oxygens (including phenoxy) is 1. The van der Waals surface area contributed by atoms with Crippen LogP contribution in [-0.4, -0.2) is 12.1 Å². The molecule has 1 aromatic heterocycles. The molecular weight excluding hydrogens is 250 g/mol. The fourth-order valence-corrected chi connectivity index (χ4v) is 1.74. The van der Waals surface area contributed by atoms with Gasteiger partial charge in [-0.05, 0) is 30.3 Å².